The Morgan fingerprint density at radius 1 is 1.27 bits per heavy atom. The van der Waals surface area contributed by atoms with Crippen molar-refractivity contribution in [2.75, 3.05) is 0 Å². The van der Waals surface area contributed by atoms with Gasteiger partial charge >= 0.3 is 5.97 Å². The van der Waals surface area contributed by atoms with Gasteiger partial charge in [0.25, 0.3) is 0 Å². The van der Waals surface area contributed by atoms with Crippen LogP contribution in [0.1, 0.15) is 29.5 Å². The summed E-state index contributed by atoms with van der Waals surface area (Å²) in [6, 6.07) is 6.52. The summed E-state index contributed by atoms with van der Waals surface area (Å²) in [5, 5.41) is 8.54. The molecule has 2 nitrogen and oxygen atoms in total. The number of aliphatic carboxylic acids is 1. The number of carboxylic acids is 1. The van der Waals surface area contributed by atoms with Gasteiger partial charge in [-0.25, -0.2) is 0 Å². The first-order valence-electron chi connectivity index (χ1n) is 5.40. The number of aryl methyl sites for hydroxylation is 1. The van der Waals surface area contributed by atoms with Crippen LogP contribution in [-0.4, -0.2) is 11.1 Å². The Labute approximate surface area is 89.9 Å². The van der Waals surface area contributed by atoms with E-state index in [1.165, 1.54) is 16.7 Å². The highest BCUT2D eigenvalue weighted by atomic mass is 16.4. The minimum atomic E-state index is -0.704. The molecule has 1 aliphatic rings. The topological polar surface area (TPSA) is 37.3 Å². The molecule has 0 saturated heterocycles. The number of benzene rings is 1. The summed E-state index contributed by atoms with van der Waals surface area (Å²) < 4.78 is 0. The minimum Gasteiger partial charge on any atom is -0.481 e. The van der Waals surface area contributed by atoms with Crippen LogP contribution in [0.3, 0.4) is 0 Å². The third-order valence-electron chi connectivity index (χ3n) is 2.86. The lowest BCUT2D eigenvalue weighted by Gasteiger charge is -2.03. The third kappa shape index (κ3) is 2.58. The van der Waals surface area contributed by atoms with Gasteiger partial charge in [-0.15, -0.1) is 0 Å². The van der Waals surface area contributed by atoms with Gasteiger partial charge in [0.05, 0.1) is 0 Å². The molecule has 0 atom stereocenters. The molecule has 0 amide bonds. The monoisotopic (exact) mass is 203 g/mol. The van der Waals surface area contributed by atoms with Crippen molar-refractivity contribution in [3.8, 4) is 0 Å². The van der Waals surface area contributed by atoms with E-state index in [9.17, 15) is 4.79 Å². The Morgan fingerprint density at radius 3 is 2.87 bits per heavy atom. The molecule has 15 heavy (non-hydrogen) atoms. The van der Waals surface area contributed by atoms with Gasteiger partial charge in [-0.05, 0) is 48.8 Å². The summed E-state index contributed by atoms with van der Waals surface area (Å²) >= 11 is 0. The van der Waals surface area contributed by atoms with Crippen molar-refractivity contribution in [2.45, 2.75) is 32.1 Å². The van der Waals surface area contributed by atoms with Crippen LogP contribution in [-0.2, 0) is 24.1 Å². The second kappa shape index (κ2) is 4.47. The van der Waals surface area contributed by atoms with Crippen LogP contribution in [0.15, 0.2) is 18.2 Å². The predicted molar refractivity (Wildman–Crippen MR) is 58.7 cm³/mol. The van der Waals surface area contributed by atoms with E-state index >= 15 is 0 Å². The molecule has 1 aliphatic carbocycles. The highest BCUT2D eigenvalue weighted by Crippen LogP contribution is 2.22. The summed E-state index contributed by atoms with van der Waals surface area (Å²) in [4.78, 5) is 10.4. The Balaban J connectivity index is 1.95. The fraction of sp³-hybridized carbons (Fsp3) is 0.385. The van der Waals surface area contributed by atoms with Crippen LogP contribution < -0.4 is 0 Å². The normalized spacial score (nSPS) is 13.9. The average Bonchev–Trinajstić information content (AvgIpc) is 2.64. The highest BCUT2D eigenvalue weighted by molar-refractivity contribution is 5.66. The number of hydrogen-bond donors (Lipinski definition) is 1. The first kappa shape index (κ1) is 10.2. The molecule has 0 bridgehead atoms. The number of rotatable bonds is 4. The third-order valence-corrected chi connectivity index (χ3v) is 2.86. The maximum atomic E-state index is 10.4. The first-order chi connectivity index (χ1) is 7.25. The zero-order valence-electron chi connectivity index (χ0n) is 8.70. The lowest BCUT2D eigenvalue weighted by atomic mass is 10.0. The van der Waals surface area contributed by atoms with Crippen LogP contribution in [0.5, 0.6) is 0 Å². The summed E-state index contributed by atoms with van der Waals surface area (Å²) in [5.74, 6) is -0.704. The highest BCUT2D eigenvalue weighted by Gasteiger charge is 2.10. The van der Waals surface area contributed by atoms with Crippen LogP contribution in [0, 0.1) is 6.42 Å². The zero-order chi connectivity index (χ0) is 10.7. The molecule has 79 valence electrons. The average molecular weight is 203 g/mol. The van der Waals surface area contributed by atoms with Crippen molar-refractivity contribution in [3.05, 3.63) is 41.3 Å². The molecule has 1 radical (unpaired) electrons. The molecule has 0 fully saturated rings. The van der Waals surface area contributed by atoms with E-state index in [1.807, 2.05) is 0 Å². The number of hydrogen-bond acceptors (Lipinski definition) is 1. The Hall–Kier alpha value is -1.31. The van der Waals surface area contributed by atoms with Crippen LogP contribution in [0.25, 0.3) is 0 Å². The summed E-state index contributed by atoms with van der Waals surface area (Å²) in [6.45, 7) is 0. The summed E-state index contributed by atoms with van der Waals surface area (Å²) in [6.07, 6.45) is 6.32. The fourth-order valence-electron chi connectivity index (χ4n) is 2.05. The molecule has 2 rings (SSSR count). The molecule has 2 heteroatoms. The molecule has 0 heterocycles. The molecule has 0 aliphatic heterocycles. The van der Waals surface area contributed by atoms with Gasteiger partial charge in [-0.3, -0.25) is 4.79 Å². The molecule has 1 N–H and O–H groups in total. The lowest BCUT2D eigenvalue weighted by molar-refractivity contribution is -0.137. The Morgan fingerprint density at radius 2 is 2.07 bits per heavy atom. The molecular weight excluding hydrogens is 188 g/mol. The maximum absolute atomic E-state index is 10.4. The van der Waals surface area contributed by atoms with Crippen molar-refractivity contribution in [1.29, 1.82) is 0 Å². The quantitative estimate of drug-likeness (QED) is 0.815. The standard InChI is InChI=1S/C13H15O2/c14-13(15)6-1-3-10-7-8-11-4-2-5-12(11)9-10/h2,7-9H,1,3-6H2,(H,14,15). The van der Waals surface area contributed by atoms with Gasteiger partial charge in [-0.2, -0.15) is 0 Å². The molecule has 1 aromatic carbocycles. The minimum absolute atomic E-state index is 0.267. The molecule has 0 saturated carbocycles. The van der Waals surface area contributed by atoms with Crippen molar-refractivity contribution >= 4 is 5.97 Å². The van der Waals surface area contributed by atoms with Crippen LogP contribution >= 0.6 is 0 Å². The molecule has 0 spiro atoms. The van der Waals surface area contributed by atoms with E-state index in [-0.39, 0.29) is 6.42 Å². The van der Waals surface area contributed by atoms with Crippen molar-refractivity contribution < 1.29 is 9.90 Å². The number of carboxylic acid groups (broad SMARTS) is 1. The summed E-state index contributed by atoms with van der Waals surface area (Å²) in [5.41, 5.74) is 4.12. The Kier molecular flexibility index (Phi) is 3.05. The molecular formula is C13H15O2. The van der Waals surface area contributed by atoms with Gasteiger partial charge in [0, 0.05) is 6.42 Å². The molecule has 0 unspecified atom stereocenters. The van der Waals surface area contributed by atoms with Crippen LogP contribution in [0.2, 0.25) is 0 Å². The second-order valence-corrected chi connectivity index (χ2v) is 4.05. The SMILES string of the molecule is O=C(O)CCCc1ccc2c(c1)C[CH]C2. The molecule has 1 aromatic rings. The fourth-order valence-corrected chi connectivity index (χ4v) is 2.05. The predicted octanol–water partition coefficient (Wildman–Crippen LogP) is 2.40. The van der Waals surface area contributed by atoms with E-state index in [2.05, 4.69) is 24.6 Å². The Bertz CT molecular complexity index is 369. The van der Waals surface area contributed by atoms with Gasteiger partial charge < -0.3 is 5.11 Å². The number of fused-ring (bicyclic) bond motifs is 1. The zero-order valence-corrected chi connectivity index (χ0v) is 8.70. The van der Waals surface area contributed by atoms with Gasteiger partial charge in [0.15, 0.2) is 0 Å². The maximum Gasteiger partial charge on any atom is 0.303 e. The largest absolute Gasteiger partial charge is 0.481 e. The van der Waals surface area contributed by atoms with Gasteiger partial charge in [-0.1, -0.05) is 18.2 Å². The van der Waals surface area contributed by atoms with E-state index < -0.39 is 5.97 Å². The molecule has 0 aromatic heterocycles. The van der Waals surface area contributed by atoms with Gasteiger partial charge in [0.1, 0.15) is 0 Å². The van der Waals surface area contributed by atoms with E-state index in [0.717, 1.165) is 25.7 Å². The van der Waals surface area contributed by atoms with Crippen molar-refractivity contribution in [2.24, 2.45) is 0 Å². The smallest absolute Gasteiger partial charge is 0.303 e. The van der Waals surface area contributed by atoms with E-state index in [4.69, 9.17) is 5.11 Å². The van der Waals surface area contributed by atoms with Crippen molar-refractivity contribution in [3.63, 3.8) is 0 Å². The van der Waals surface area contributed by atoms with E-state index in [0.29, 0.717) is 0 Å². The number of carbonyl (C=O) groups is 1. The lowest BCUT2D eigenvalue weighted by Crippen LogP contribution is -1.96. The van der Waals surface area contributed by atoms with Crippen LogP contribution in [0.4, 0.5) is 0 Å². The van der Waals surface area contributed by atoms with Crippen molar-refractivity contribution in [1.82, 2.24) is 0 Å². The van der Waals surface area contributed by atoms with E-state index in [1.54, 1.807) is 0 Å². The second-order valence-electron chi connectivity index (χ2n) is 4.05. The first-order valence-corrected chi connectivity index (χ1v) is 5.40. The summed E-state index contributed by atoms with van der Waals surface area (Å²) in [7, 11) is 0. The van der Waals surface area contributed by atoms with Gasteiger partial charge in [0.2, 0.25) is 0 Å².